The molecule has 0 fully saturated rings. The molecule has 9 aromatic carbocycles. The van der Waals surface area contributed by atoms with Crippen LogP contribution in [0.15, 0.2) is 188 Å². The molecule has 0 radical (unpaired) electrons. The van der Waals surface area contributed by atoms with Crippen LogP contribution < -0.4 is 4.90 Å². The number of nitrogens with zero attached hydrogens (tertiary/aromatic N) is 1. The summed E-state index contributed by atoms with van der Waals surface area (Å²) in [6.45, 7) is 4.69. The second-order valence-corrected chi connectivity index (χ2v) is 14.5. The molecule has 0 spiro atoms. The molecule has 0 aromatic heterocycles. The van der Waals surface area contributed by atoms with Crippen molar-refractivity contribution in [2.75, 3.05) is 4.90 Å². The lowest BCUT2D eigenvalue weighted by molar-refractivity contribution is 0.660. The van der Waals surface area contributed by atoms with E-state index in [1.807, 2.05) is 0 Å². The molecule has 0 heterocycles. The Morgan fingerprint density at radius 1 is 0.346 bits per heavy atom. The number of para-hydroxylation sites is 1. The first-order valence-electron chi connectivity index (χ1n) is 18.2. The predicted molar refractivity (Wildman–Crippen MR) is 222 cm³/mol. The number of hydrogen-bond donors (Lipinski definition) is 0. The summed E-state index contributed by atoms with van der Waals surface area (Å²) < 4.78 is 0. The molecular weight excluding hydrogens is 627 g/mol. The van der Waals surface area contributed by atoms with E-state index >= 15 is 0 Å². The molecule has 1 aliphatic carbocycles. The van der Waals surface area contributed by atoms with E-state index in [4.69, 9.17) is 0 Å². The van der Waals surface area contributed by atoms with Crippen LogP contribution in [0, 0.1) is 0 Å². The topological polar surface area (TPSA) is 3.24 Å². The van der Waals surface area contributed by atoms with Gasteiger partial charge < -0.3 is 4.90 Å². The van der Waals surface area contributed by atoms with Crippen molar-refractivity contribution in [1.29, 1.82) is 0 Å². The number of fused-ring (bicyclic) bond motifs is 8. The fourth-order valence-corrected chi connectivity index (χ4v) is 8.69. The van der Waals surface area contributed by atoms with Gasteiger partial charge in [0, 0.05) is 22.4 Å². The lowest BCUT2D eigenvalue weighted by atomic mass is 9.82. The van der Waals surface area contributed by atoms with E-state index < -0.39 is 0 Å². The number of hydrogen-bond acceptors (Lipinski definition) is 1. The molecule has 246 valence electrons. The normalized spacial score (nSPS) is 13.0. The van der Waals surface area contributed by atoms with E-state index in [2.05, 4.69) is 207 Å². The fourth-order valence-electron chi connectivity index (χ4n) is 8.69. The second kappa shape index (κ2) is 11.8. The summed E-state index contributed by atoms with van der Waals surface area (Å²) in [5.74, 6) is 0. The predicted octanol–water partition coefficient (Wildman–Crippen LogP) is 14.3. The Balaban J connectivity index is 1.17. The van der Waals surface area contributed by atoms with Gasteiger partial charge in [-0.25, -0.2) is 0 Å². The minimum absolute atomic E-state index is 0.0488. The monoisotopic (exact) mass is 663 g/mol. The molecule has 9 aromatic rings. The summed E-state index contributed by atoms with van der Waals surface area (Å²) in [4.78, 5) is 2.44. The quantitative estimate of drug-likeness (QED) is 0.166. The molecule has 0 N–H and O–H groups in total. The first-order chi connectivity index (χ1) is 25.6. The van der Waals surface area contributed by atoms with Gasteiger partial charge in [-0.05, 0) is 108 Å². The highest BCUT2D eigenvalue weighted by atomic mass is 15.1. The average Bonchev–Trinajstić information content (AvgIpc) is 3.44. The summed E-state index contributed by atoms with van der Waals surface area (Å²) in [6.07, 6.45) is 0. The maximum atomic E-state index is 2.44. The third kappa shape index (κ3) is 4.70. The van der Waals surface area contributed by atoms with Crippen molar-refractivity contribution in [3.8, 4) is 33.4 Å². The molecule has 0 saturated heterocycles. The largest absolute Gasteiger partial charge is 0.310 e. The lowest BCUT2D eigenvalue weighted by Gasteiger charge is -2.29. The van der Waals surface area contributed by atoms with Crippen LogP contribution >= 0.6 is 0 Å². The van der Waals surface area contributed by atoms with E-state index in [9.17, 15) is 0 Å². The zero-order valence-electron chi connectivity index (χ0n) is 29.3. The van der Waals surface area contributed by atoms with Gasteiger partial charge in [-0.3, -0.25) is 0 Å². The molecule has 0 unspecified atom stereocenters. The third-order valence-corrected chi connectivity index (χ3v) is 11.3. The Morgan fingerprint density at radius 3 is 1.77 bits per heavy atom. The molecule has 0 bridgehead atoms. The van der Waals surface area contributed by atoms with E-state index in [0.29, 0.717) is 0 Å². The van der Waals surface area contributed by atoms with Gasteiger partial charge in [0.05, 0.1) is 5.69 Å². The van der Waals surface area contributed by atoms with Crippen LogP contribution in [0.5, 0.6) is 0 Å². The van der Waals surface area contributed by atoms with Gasteiger partial charge in [0.2, 0.25) is 0 Å². The van der Waals surface area contributed by atoms with Crippen molar-refractivity contribution in [3.05, 3.63) is 199 Å². The van der Waals surface area contributed by atoms with E-state index in [-0.39, 0.29) is 5.41 Å². The van der Waals surface area contributed by atoms with Gasteiger partial charge in [-0.1, -0.05) is 166 Å². The summed E-state index contributed by atoms with van der Waals surface area (Å²) in [5.41, 5.74) is 13.6. The van der Waals surface area contributed by atoms with Crippen molar-refractivity contribution in [1.82, 2.24) is 0 Å². The van der Waals surface area contributed by atoms with Gasteiger partial charge in [0.1, 0.15) is 0 Å². The molecule has 1 nitrogen and oxygen atoms in total. The SMILES string of the molecule is CC1(C)c2ccccc2-c2cc(N(c3ccc(-c4cc5c6ccccc6ccc5c5ccccc45)cc3)c3ccccc3-c3ccccc3)ccc21. The van der Waals surface area contributed by atoms with Crippen LogP contribution in [0.25, 0.3) is 65.7 Å². The van der Waals surface area contributed by atoms with Gasteiger partial charge in [0.25, 0.3) is 0 Å². The van der Waals surface area contributed by atoms with Crippen molar-refractivity contribution in [3.63, 3.8) is 0 Å². The average molecular weight is 664 g/mol. The Kier molecular flexibility index (Phi) is 6.91. The van der Waals surface area contributed by atoms with Crippen LogP contribution in [0.4, 0.5) is 17.1 Å². The maximum Gasteiger partial charge on any atom is 0.0540 e. The molecular formula is C51H37N. The van der Waals surface area contributed by atoms with Gasteiger partial charge in [-0.2, -0.15) is 0 Å². The van der Waals surface area contributed by atoms with Crippen molar-refractivity contribution in [2.45, 2.75) is 19.3 Å². The van der Waals surface area contributed by atoms with Crippen LogP contribution in [0.2, 0.25) is 0 Å². The number of rotatable bonds is 5. The number of benzene rings is 9. The first kappa shape index (κ1) is 30.4. The summed E-state index contributed by atoms with van der Waals surface area (Å²) in [7, 11) is 0. The second-order valence-electron chi connectivity index (χ2n) is 14.5. The zero-order valence-corrected chi connectivity index (χ0v) is 29.3. The van der Waals surface area contributed by atoms with Gasteiger partial charge in [-0.15, -0.1) is 0 Å². The molecule has 10 rings (SSSR count). The summed E-state index contributed by atoms with van der Waals surface area (Å²) in [5, 5.41) is 7.68. The van der Waals surface area contributed by atoms with Crippen molar-refractivity contribution >= 4 is 49.4 Å². The highest BCUT2D eigenvalue weighted by Gasteiger charge is 2.35. The first-order valence-corrected chi connectivity index (χ1v) is 18.2. The lowest BCUT2D eigenvalue weighted by Crippen LogP contribution is -2.15. The highest BCUT2D eigenvalue weighted by Crippen LogP contribution is 2.51. The maximum absolute atomic E-state index is 2.44. The van der Waals surface area contributed by atoms with Crippen molar-refractivity contribution < 1.29 is 0 Å². The Bertz CT molecular complexity index is 2810. The van der Waals surface area contributed by atoms with Crippen LogP contribution in [0.3, 0.4) is 0 Å². The summed E-state index contributed by atoms with van der Waals surface area (Å²) >= 11 is 0. The fraction of sp³-hybridized carbons (Fsp3) is 0.0588. The Hall–Kier alpha value is -6.44. The standard InChI is InChI=1S/C51H37N/c1-51(2)48-22-12-10-21-44(48)47-32-38(29-31-49(47)51)52(50-23-13-11-18-40(50)34-14-4-3-5-15-34)37-27-24-36(25-28-37)45-33-46-39-17-7-6-16-35(39)26-30-43(46)41-19-8-9-20-42(41)45/h3-33H,1-2H3. The van der Waals surface area contributed by atoms with Crippen molar-refractivity contribution in [2.24, 2.45) is 0 Å². The summed E-state index contributed by atoms with van der Waals surface area (Å²) in [6, 6.07) is 69.2. The van der Waals surface area contributed by atoms with Gasteiger partial charge in [0.15, 0.2) is 0 Å². The van der Waals surface area contributed by atoms with E-state index in [1.54, 1.807) is 0 Å². The molecule has 0 aliphatic heterocycles. The smallest absolute Gasteiger partial charge is 0.0540 e. The van der Waals surface area contributed by atoms with Crippen LogP contribution in [-0.4, -0.2) is 0 Å². The Labute approximate surface area is 305 Å². The van der Waals surface area contributed by atoms with E-state index in [1.165, 1.54) is 76.8 Å². The van der Waals surface area contributed by atoms with Crippen LogP contribution in [0.1, 0.15) is 25.0 Å². The van der Waals surface area contributed by atoms with Gasteiger partial charge >= 0.3 is 0 Å². The molecule has 1 heteroatoms. The Morgan fingerprint density at radius 2 is 0.942 bits per heavy atom. The molecule has 0 saturated carbocycles. The molecule has 52 heavy (non-hydrogen) atoms. The minimum atomic E-state index is -0.0488. The highest BCUT2D eigenvalue weighted by molar-refractivity contribution is 6.21. The molecule has 0 amide bonds. The van der Waals surface area contributed by atoms with E-state index in [0.717, 1.165) is 17.1 Å². The number of anilines is 3. The molecule has 1 aliphatic rings. The molecule has 0 atom stereocenters. The van der Waals surface area contributed by atoms with Crippen LogP contribution in [-0.2, 0) is 5.41 Å². The third-order valence-electron chi connectivity index (χ3n) is 11.3. The minimum Gasteiger partial charge on any atom is -0.310 e. The zero-order chi connectivity index (χ0) is 34.8.